The minimum atomic E-state index is 0.427. The molecule has 6 nitrogen and oxygen atoms in total. The third-order valence-corrected chi connectivity index (χ3v) is 4.56. The molecule has 0 amide bonds. The van der Waals surface area contributed by atoms with Gasteiger partial charge in [-0.3, -0.25) is 0 Å². The van der Waals surface area contributed by atoms with Gasteiger partial charge < -0.3 is 14.9 Å². The lowest BCUT2D eigenvalue weighted by molar-refractivity contribution is 0.415. The summed E-state index contributed by atoms with van der Waals surface area (Å²) in [6, 6.07) is 11.1. The molecule has 0 atom stereocenters. The van der Waals surface area contributed by atoms with Crippen LogP contribution in [-0.4, -0.2) is 29.1 Å². The van der Waals surface area contributed by atoms with Crippen LogP contribution in [0.4, 0.5) is 0 Å². The number of para-hydroxylation sites is 1. The highest BCUT2D eigenvalue weighted by Crippen LogP contribution is 2.34. The number of ether oxygens (including phenoxy) is 2. The Bertz CT molecular complexity index is 964. The van der Waals surface area contributed by atoms with Crippen LogP contribution in [-0.2, 0) is 6.54 Å². The van der Waals surface area contributed by atoms with E-state index in [4.69, 9.17) is 44.9 Å². The van der Waals surface area contributed by atoms with Gasteiger partial charge in [-0.25, -0.2) is 9.77 Å². The lowest BCUT2D eigenvalue weighted by Gasteiger charge is -2.13. The number of nitrogens with zero attached hydrogens (tertiary/aromatic N) is 2. The highest BCUT2D eigenvalue weighted by Gasteiger charge is 2.14. The zero-order chi connectivity index (χ0) is 18.7. The van der Waals surface area contributed by atoms with Crippen molar-refractivity contribution < 1.29 is 9.47 Å². The molecule has 3 rings (SSSR count). The first kappa shape index (κ1) is 18.6. The summed E-state index contributed by atoms with van der Waals surface area (Å²) in [6.45, 7) is 0.430. The van der Waals surface area contributed by atoms with Crippen LogP contribution >= 0.6 is 35.4 Å². The summed E-state index contributed by atoms with van der Waals surface area (Å²) < 4.78 is 12.7. The highest BCUT2D eigenvalue weighted by atomic mass is 35.5. The SMILES string of the molecule is COc1ccccc1-c1n[nH]c(=S)n1NCc1cc(Cl)c(OC)c(Cl)c1. The van der Waals surface area contributed by atoms with E-state index in [1.165, 1.54) is 7.11 Å². The van der Waals surface area contributed by atoms with Gasteiger partial charge in [0.15, 0.2) is 11.6 Å². The Hall–Kier alpha value is -2.22. The molecule has 2 aromatic carbocycles. The molecule has 0 radical (unpaired) electrons. The molecule has 0 bridgehead atoms. The van der Waals surface area contributed by atoms with Gasteiger partial charge in [0, 0.05) is 0 Å². The van der Waals surface area contributed by atoms with E-state index in [2.05, 4.69) is 15.6 Å². The van der Waals surface area contributed by atoms with E-state index >= 15 is 0 Å². The summed E-state index contributed by atoms with van der Waals surface area (Å²) in [6.07, 6.45) is 0. The second-order valence-corrected chi connectivity index (χ2v) is 6.52. The number of aromatic nitrogens is 3. The molecule has 0 saturated carbocycles. The van der Waals surface area contributed by atoms with Crippen molar-refractivity contribution in [2.45, 2.75) is 6.54 Å². The van der Waals surface area contributed by atoms with E-state index in [1.54, 1.807) is 23.9 Å². The molecule has 3 aromatic rings. The van der Waals surface area contributed by atoms with Crippen molar-refractivity contribution in [2.75, 3.05) is 19.6 Å². The molecule has 136 valence electrons. The molecule has 0 aliphatic carbocycles. The number of rotatable bonds is 6. The van der Waals surface area contributed by atoms with Crippen molar-refractivity contribution in [3.63, 3.8) is 0 Å². The molecule has 0 aliphatic rings. The number of hydrogen-bond donors (Lipinski definition) is 2. The van der Waals surface area contributed by atoms with Crippen LogP contribution in [0, 0.1) is 4.77 Å². The molecular weight excluding hydrogens is 395 g/mol. The van der Waals surface area contributed by atoms with Gasteiger partial charge in [0.25, 0.3) is 0 Å². The van der Waals surface area contributed by atoms with Crippen molar-refractivity contribution in [1.29, 1.82) is 0 Å². The van der Waals surface area contributed by atoms with Crippen LogP contribution in [0.25, 0.3) is 11.4 Å². The number of H-pyrrole nitrogens is 1. The maximum atomic E-state index is 6.19. The van der Waals surface area contributed by atoms with E-state index in [9.17, 15) is 0 Å². The topological polar surface area (TPSA) is 64.1 Å². The number of aromatic amines is 1. The molecule has 9 heteroatoms. The average Bonchev–Trinajstić information content (AvgIpc) is 3.00. The monoisotopic (exact) mass is 410 g/mol. The molecule has 0 saturated heterocycles. The smallest absolute Gasteiger partial charge is 0.214 e. The van der Waals surface area contributed by atoms with E-state index in [0.717, 1.165) is 11.1 Å². The van der Waals surface area contributed by atoms with Crippen LogP contribution in [0.1, 0.15) is 5.56 Å². The van der Waals surface area contributed by atoms with Gasteiger partial charge in [-0.05, 0) is 42.0 Å². The molecule has 1 heterocycles. The quantitative estimate of drug-likeness (QED) is 0.577. The van der Waals surface area contributed by atoms with Crippen molar-refractivity contribution in [3.05, 3.63) is 56.8 Å². The molecule has 2 N–H and O–H groups in total. The van der Waals surface area contributed by atoms with Crippen LogP contribution < -0.4 is 14.9 Å². The van der Waals surface area contributed by atoms with Crippen LogP contribution in [0.2, 0.25) is 10.0 Å². The standard InChI is InChI=1S/C17H16Cl2N4O2S/c1-24-14-6-4-3-5-11(14)16-21-22-17(26)23(16)20-9-10-7-12(18)15(25-2)13(19)8-10/h3-8,20H,9H2,1-2H3,(H,22,26). The molecule has 0 spiro atoms. The van der Waals surface area contributed by atoms with Gasteiger partial charge in [0.05, 0.1) is 36.4 Å². The van der Waals surface area contributed by atoms with Crippen molar-refractivity contribution in [1.82, 2.24) is 14.9 Å². The fourth-order valence-electron chi connectivity index (χ4n) is 2.53. The largest absolute Gasteiger partial charge is 0.496 e. The number of benzene rings is 2. The number of methoxy groups -OCH3 is 2. The Morgan fingerprint density at radius 3 is 2.50 bits per heavy atom. The third-order valence-electron chi connectivity index (χ3n) is 3.72. The van der Waals surface area contributed by atoms with Crippen molar-refractivity contribution in [3.8, 4) is 22.9 Å². The molecule has 0 aliphatic heterocycles. The summed E-state index contributed by atoms with van der Waals surface area (Å²) in [5.41, 5.74) is 4.90. The van der Waals surface area contributed by atoms with Gasteiger partial charge >= 0.3 is 0 Å². The van der Waals surface area contributed by atoms with Gasteiger partial charge in [-0.15, -0.1) is 0 Å². The highest BCUT2D eigenvalue weighted by molar-refractivity contribution is 7.71. The lowest BCUT2D eigenvalue weighted by atomic mass is 10.2. The van der Waals surface area contributed by atoms with Crippen LogP contribution in [0.15, 0.2) is 36.4 Å². The molecule has 0 unspecified atom stereocenters. The Labute approximate surface area is 165 Å². The van der Waals surface area contributed by atoms with E-state index in [0.29, 0.717) is 38.7 Å². The van der Waals surface area contributed by atoms with E-state index in [-0.39, 0.29) is 0 Å². The molecule has 1 aromatic heterocycles. The Morgan fingerprint density at radius 2 is 1.85 bits per heavy atom. The van der Waals surface area contributed by atoms with Crippen LogP contribution in [0.5, 0.6) is 11.5 Å². The normalized spacial score (nSPS) is 10.6. The fraction of sp³-hybridized carbons (Fsp3) is 0.176. The second-order valence-electron chi connectivity index (χ2n) is 5.32. The van der Waals surface area contributed by atoms with Crippen molar-refractivity contribution >= 4 is 35.4 Å². The van der Waals surface area contributed by atoms with Crippen molar-refractivity contribution in [2.24, 2.45) is 0 Å². The lowest BCUT2D eigenvalue weighted by Crippen LogP contribution is -2.16. The fourth-order valence-corrected chi connectivity index (χ4v) is 3.42. The van der Waals surface area contributed by atoms with E-state index in [1.807, 2.05) is 24.3 Å². The minimum absolute atomic E-state index is 0.427. The molecular formula is C17H16Cl2N4O2S. The summed E-state index contributed by atoms with van der Waals surface area (Å²) in [5.74, 6) is 1.75. The maximum absolute atomic E-state index is 6.19. The number of halogens is 2. The second kappa shape index (κ2) is 7.99. The first-order valence-corrected chi connectivity index (χ1v) is 8.78. The van der Waals surface area contributed by atoms with Crippen LogP contribution in [0.3, 0.4) is 0 Å². The first-order chi connectivity index (χ1) is 12.5. The molecule has 0 fully saturated rings. The molecule has 26 heavy (non-hydrogen) atoms. The Balaban J connectivity index is 1.90. The summed E-state index contributed by atoms with van der Waals surface area (Å²) in [7, 11) is 3.13. The summed E-state index contributed by atoms with van der Waals surface area (Å²) in [5, 5.41) is 7.97. The predicted molar refractivity (Wildman–Crippen MR) is 105 cm³/mol. The average molecular weight is 411 g/mol. The first-order valence-electron chi connectivity index (χ1n) is 7.61. The van der Waals surface area contributed by atoms with Gasteiger partial charge in [-0.1, -0.05) is 35.3 Å². The number of hydrogen-bond acceptors (Lipinski definition) is 5. The van der Waals surface area contributed by atoms with E-state index < -0.39 is 0 Å². The summed E-state index contributed by atoms with van der Waals surface area (Å²) in [4.78, 5) is 0. The van der Waals surface area contributed by atoms with Gasteiger partial charge in [-0.2, -0.15) is 5.10 Å². The van der Waals surface area contributed by atoms with Gasteiger partial charge in [0.2, 0.25) is 4.77 Å². The Kier molecular flexibility index (Phi) is 5.70. The summed E-state index contributed by atoms with van der Waals surface area (Å²) >= 11 is 17.7. The minimum Gasteiger partial charge on any atom is -0.496 e. The number of nitrogens with one attached hydrogen (secondary N) is 2. The zero-order valence-corrected chi connectivity index (χ0v) is 16.4. The maximum Gasteiger partial charge on any atom is 0.214 e. The third kappa shape index (κ3) is 3.65. The van der Waals surface area contributed by atoms with Gasteiger partial charge in [0.1, 0.15) is 5.75 Å². The zero-order valence-electron chi connectivity index (χ0n) is 14.0. The Morgan fingerprint density at radius 1 is 1.15 bits per heavy atom. The predicted octanol–water partition coefficient (Wildman–Crippen LogP) is 4.68.